The molecule has 10 heteroatoms. The number of aromatic amines is 4. The van der Waals surface area contributed by atoms with Crippen LogP contribution in [0, 0.1) is 13.8 Å². The second-order valence-corrected chi connectivity index (χ2v) is 5.75. The average molecular weight is 389 g/mol. The number of H-pyrrole nitrogens is 4. The van der Waals surface area contributed by atoms with Gasteiger partial charge in [0.15, 0.2) is 0 Å². The highest BCUT2D eigenvalue weighted by molar-refractivity contribution is 5.85. The first kappa shape index (κ1) is 19.6. The molecule has 1 aromatic carbocycles. The van der Waals surface area contributed by atoms with Gasteiger partial charge in [-0.1, -0.05) is 18.2 Å². The van der Waals surface area contributed by atoms with Crippen LogP contribution in [-0.4, -0.2) is 20.4 Å². The molecule has 0 atom stereocenters. The number of nitrogens with one attached hydrogen (secondary N) is 4. The van der Waals surface area contributed by atoms with Gasteiger partial charge in [0.25, 0.3) is 11.1 Å². The molecule has 0 saturated heterocycles. The number of alkyl halides is 3. The monoisotopic (exact) mass is 388 g/mol. The van der Waals surface area contributed by atoms with E-state index >= 15 is 0 Å². The van der Waals surface area contributed by atoms with Crippen LogP contribution in [-0.2, 0) is 6.18 Å². The van der Waals surface area contributed by atoms with Crippen LogP contribution in [0.3, 0.4) is 0 Å². The summed E-state index contributed by atoms with van der Waals surface area (Å²) in [5.41, 5.74) is -1.30. The summed E-state index contributed by atoms with van der Waals surface area (Å²) in [6, 6.07) is 4.94. The molecule has 0 unspecified atom stereocenters. The molecule has 0 aliphatic carbocycles. The minimum absolute atomic E-state index is 0. The Balaban J connectivity index is 0.00000243. The zero-order valence-electron chi connectivity index (χ0n) is 13.7. The van der Waals surface area contributed by atoms with Gasteiger partial charge in [-0.05, 0) is 25.5 Å². The van der Waals surface area contributed by atoms with Gasteiger partial charge >= 0.3 is 6.18 Å². The van der Waals surface area contributed by atoms with Crippen molar-refractivity contribution in [1.82, 2.24) is 20.4 Å². The Bertz CT molecular complexity index is 975. The zero-order valence-corrected chi connectivity index (χ0v) is 14.6. The Morgan fingerprint density at radius 3 is 1.69 bits per heavy atom. The van der Waals surface area contributed by atoms with Gasteiger partial charge in [0.1, 0.15) is 0 Å². The molecule has 0 radical (unpaired) electrons. The van der Waals surface area contributed by atoms with Crippen molar-refractivity contribution in [2.45, 2.75) is 25.9 Å². The van der Waals surface area contributed by atoms with Gasteiger partial charge in [0, 0.05) is 17.3 Å². The van der Waals surface area contributed by atoms with E-state index in [4.69, 9.17) is 0 Å². The zero-order chi connectivity index (χ0) is 18.4. The van der Waals surface area contributed by atoms with Crippen molar-refractivity contribution >= 4 is 12.4 Å². The summed E-state index contributed by atoms with van der Waals surface area (Å²) in [7, 11) is 0. The first-order chi connectivity index (χ1) is 11.7. The molecule has 140 valence electrons. The van der Waals surface area contributed by atoms with Crippen molar-refractivity contribution in [3.05, 3.63) is 78.6 Å². The highest BCUT2D eigenvalue weighted by Gasteiger charge is 2.38. The van der Waals surface area contributed by atoms with Crippen LogP contribution in [0.1, 0.15) is 39.6 Å². The molecule has 3 rings (SSSR count). The van der Waals surface area contributed by atoms with E-state index in [1.165, 1.54) is 18.2 Å². The molecular formula is C16H16ClF3N4O2. The van der Waals surface area contributed by atoms with Gasteiger partial charge in [0.05, 0.1) is 16.7 Å². The quantitative estimate of drug-likeness (QED) is 0.555. The maximum absolute atomic E-state index is 13.5. The Kier molecular flexibility index (Phi) is 5.22. The SMILES string of the molecule is Cc1[nH][nH]c(=O)c1C(c1ccccc1C(F)(F)F)c1c(C)[nH][nH]c1=O.Cl. The van der Waals surface area contributed by atoms with Crippen molar-refractivity contribution in [3.63, 3.8) is 0 Å². The number of hydrogen-bond donors (Lipinski definition) is 4. The predicted octanol–water partition coefficient (Wildman–Crippen LogP) is 2.96. The molecule has 2 heterocycles. The Labute approximate surface area is 151 Å². The van der Waals surface area contributed by atoms with Gasteiger partial charge in [-0.2, -0.15) is 13.2 Å². The fourth-order valence-corrected chi connectivity index (χ4v) is 3.07. The lowest BCUT2D eigenvalue weighted by atomic mass is 9.83. The molecular weight excluding hydrogens is 373 g/mol. The standard InChI is InChI=1S/C16H15F3N4O2.ClH/c1-7-11(14(24)22-20-7)13(12-8(2)21-23-15(12)25)9-5-3-4-6-10(9)16(17,18)19;/h3-6,13H,1-2H3,(H2,20,22,24)(H2,21,23,25);1H. The second kappa shape index (κ2) is 6.91. The van der Waals surface area contributed by atoms with E-state index in [1.54, 1.807) is 13.8 Å². The number of rotatable bonds is 3. The van der Waals surface area contributed by atoms with E-state index in [9.17, 15) is 22.8 Å². The maximum Gasteiger partial charge on any atom is 0.416 e. The number of benzene rings is 1. The van der Waals surface area contributed by atoms with Gasteiger partial charge in [-0.3, -0.25) is 19.8 Å². The first-order valence-electron chi connectivity index (χ1n) is 7.42. The Hall–Kier alpha value is -2.68. The normalized spacial score (nSPS) is 11.6. The van der Waals surface area contributed by atoms with E-state index < -0.39 is 28.8 Å². The van der Waals surface area contributed by atoms with E-state index in [1.807, 2.05) is 0 Å². The lowest BCUT2D eigenvalue weighted by Gasteiger charge is -2.20. The van der Waals surface area contributed by atoms with Crippen LogP contribution in [0.15, 0.2) is 33.9 Å². The Morgan fingerprint density at radius 2 is 1.31 bits per heavy atom. The molecule has 0 amide bonds. The molecule has 4 N–H and O–H groups in total. The maximum atomic E-state index is 13.5. The summed E-state index contributed by atoms with van der Waals surface area (Å²) >= 11 is 0. The molecule has 6 nitrogen and oxygen atoms in total. The summed E-state index contributed by atoms with van der Waals surface area (Å²) in [5, 5.41) is 9.93. The molecule has 3 aromatic rings. The average Bonchev–Trinajstić information content (AvgIpc) is 3.05. The van der Waals surface area contributed by atoms with E-state index in [2.05, 4.69) is 20.4 Å². The molecule has 0 aliphatic heterocycles. The van der Waals surface area contributed by atoms with E-state index in [0.717, 1.165) is 6.07 Å². The third-order valence-electron chi connectivity index (χ3n) is 4.18. The highest BCUT2D eigenvalue weighted by Crippen LogP contribution is 2.39. The summed E-state index contributed by atoms with van der Waals surface area (Å²) in [6.45, 7) is 3.12. The molecule has 0 saturated carbocycles. The van der Waals surface area contributed by atoms with Gasteiger partial charge in [-0.25, -0.2) is 0 Å². The molecule has 0 bridgehead atoms. The Morgan fingerprint density at radius 1 is 0.846 bits per heavy atom. The van der Waals surface area contributed by atoms with E-state index in [-0.39, 0.29) is 29.1 Å². The lowest BCUT2D eigenvalue weighted by Crippen LogP contribution is -2.23. The lowest BCUT2D eigenvalue weighted by molar-refractivity contribution is -0.138. The van der Waals surface area contributed by atoms with Crippen LogP contribution in [0.5, 0.6) is 0 Å². The van der Waals surface area contributed by atoms with Crippen LogP contribution in [0.25, 0.3) is 0 Å². The summed E-state index contributed by atoms with van der Waals surface area (Å²) in [6.07, 6.45) is -4.62. The van der Waals surface area contributed by atoms with Crippen molar-refractivity contribution in [2.75, 3.05) is 0 Å². The van der Waals surface area contributed by atoms with Crippen LogP contribution < -0.4 is 11.1 Å². The van der Waals surface area contributed by atoms with Gasteiger partial charge in [-0.15, -0.1) is 12.4 Å². The van der Waals surface area contributed by atoms with Crippen LogP contribution >= 0.6 is 12.4 Å². The minimum Gasteiger partial charge on any atom is -0.302 e. The number of aromatic nitrogens is 4. The number of hydrogen-bond acceptors (Lipinski definition) is 2. The van der Waals surface area contributed by atoms with Crippen LogP contribution in [0.4, 0.5) is 13.2 Å². The molecule has 0 fully saturated rings. The molecule has 2 aromatic heterocycles. The third kappa shape index (κ3) is 3.22. The topological polar surface area (TPSA) is 97.3 Å². The summed E-state index contributed by atoms with van der Waals surface area (Å²) < 4.78 is 40.5. The second-order valence-electron chi connectivity index (χ2n) is 5.75. The van der Waals surface area contributed by atoms with Crippen molar-refractivity contribution in [1.29, 1.82) is 0 Å². The number of halogens is 4. The molecule has 0 spiro atoms. The largest absolute Gasteiger partial charge is 0.416 e. The molecule has 26 heavy (non-hydrogen) atoms. The van der Waals surface area contributed by atoms with Gasteiger partial charge in [0.2, 0.25) is 0 Å². The first-order valence-corrected chi connectivity index (χ1v) is 7.42. The highest BCUT2D eigenvalue weighted by atomic mass is 35.5. The number of aryl methyl sites for hydroxylation is 2. The minimum atomic E-state index is -4.62. The summed E-state index contributed by atoms with van der Waals surface area (Å²) in [5.74, 6) is -1.16. The van der Waals surface area contributed by atoms with Crippen molar-refractivity contribution in [3.8, 4) is 0 Å². The van der Waals surface area contributed by atoms with Crippen LogP contribution in [0.2, 0.25) is 0 Å². The predicted molar refractivity (Wildman–Crippen MR) is 91.9 cm³/mol. The fraction of sp³-hybridized carbons (Fsp3) is 0.250. The summed E-state index contributed by atoms with van der Waals surface area (Å²) in [4.78, 5) is 24.5. The smallest absolute Gasteiger partial charge is 0.302 e. The fourth-order valence-electron chi connectivity index (χ4n) is 3.07. The van der Waals surface area contributed by atoms with E-state index in [0.29, 0.717) is 11.4 Å². The van der Waals surface area contributed by atoms with Crippen molar-refractivity contribution in [2.24, 2.45) is 0 Å². The molecule has 0 aliphatic rings. The third-order valence-corrected chi connectivity index (χ3v) is 4.18. The van der Waals surface area contributed by atoms with Crippen molar-refractivity contribution < 1.29 is 13.2 Å². The van der Waals surface area contributed by atoms with Gasteiger partial charge < -0.3 is 10.2 Å².